The molecule has 0 saturated carbocycles. The smallest absolute Gasteiger partial charge is 0.258 e. The highest BCUT2D eigenvalue weighted by molar-refractivity contribution is 6.30. The van der Waals surface area contributed by atoms with Crippen molar-refractivity contribution in [1.82, 2.24) is 0 Å². The van der Waals surface area contributed by atoms with Crippen molar-refractivity contribution in [3.63, 3.8) is 0 Å². The van der Waals surface area contributed by atoms with Gasteiger partial charge in [0.05, 0.1) is 12.6 Å². The molecule has 0 spiro atoms. The van der Waals surface area contributed by atoms with Gasteiger partial charge in [0.1, 0.15) is 11.5 Å². The first-order valence-electron chi connectivity index (χ1n) is 12.5. The number of nitrogens with zero attached hydrogens (tertiary/aromatic N) is 2. The van der Waals surface area contributed by atoms with E-state index in [9.17, 15) is 14.4 Å². The average Bonchev–Trinajstić information content (AvgIpc) is 2.88. The van der Waals surface area contributed by atoms with Crippen LogP contribution in [0.3, 0.4) is 0 Å². The van der Waals surface area contributed by atoms with Crippen molar-refractivity contribution in [1.29, 1.82) is 0 Å². The van der Waals surface area contributed by atoms with Gasteiger partial charge in [-0.1, -0.05) is 29.8 Å². The third-order valence-electron chi connectivity index (χ3n) is 6.58. The van der Waals surface area contributed by atoms with Crippen molar-refractivity contribution in [2.45, 2.75) is 52.1 Å². The number of amides is 2. The van der Waals surface area contributed by atoms with Crippen LogP contribution in [0.4, 0.5) is 11.4 Å². The number of benzene rings is 3. The van der Waals surface area contributed by atoms with Crippen LogP contribution in [-0.2, 0) is 9.59 Å². The largest absolute Gasteiger partial charge is 0.494 e. The number of hydrogen-bond acceptors (Lipinski definition) is 4. The molecule has 0 radical (unpaired) electrons. The Balaban J connectivity index is 1.59. The first-order valence-corrected chi connectivity index (χ1v) is 12.8. The summed E-state index contributed by atoms with van der Waals surface area (Å²) in [5.74, 6) is 0.616. The third-order valence-corrected chi connectivity index (χ3v) is 6.83. The van der Waals surface area contributed by atoms with E-state index in [0.29, 0.717) is 42.2 Å². The first-order chi connectivity index (χ1) is 17.8. The summed E-state index contributed by atoms with van der Waals surface area (Å²) in [6.07, 6.45) is 1.73. The second-order valence-corrected chi connectivity index (χ2v) is 9.81. The molecule has 3 aromatic carbocycles. The van der Waals surface area contributed by atoms with Gasteiger partial charge >= 0.3 is 0 Å². The van der Waals surface area contributed by atoms with Crippen LogP contribution < -0.4 is 14.5 Å². The maximum Gasteiger partial charge on any atom is 0.258 e. The van der Waals surface area contributed by atoms with Gasteiger partial charge in [-0.15, -0.1) is 0 Å². The lowest BCUT2D eigenvalue weighted by Crippen LogP contribution is -2.47. The van der Waals surface area contributed by atoms with Gasteiger partial charge in [-0.3, -0.25) is 9.59 Å². The van der Waals surface area contributed by atoms with E-state index in [2.05, 4.69) is 0 Å². The Bertz CT molecular complexity index is 1270. The highest BCUT2D eigenvalue weighted by atomic mass is 35.5. The average molecular weight is 519 g/mol. The van der Waals surface area contributed by atoms with Gasteiger partial charge in [0.15, 0.2) is 0 Å². The van der Waals surface area contributed by atoms with Crippen LogP contribution in [0, 0.1) is 0 Å². The van der Waals surface area contributed by atoms with Gasteiger partial charge in [0.25, 0.3) is 5.91 Å². The maximum atomic E-state index is 13.7. The summed E-state index contributed by atoms with van der Waals surface area (Å²) in [6, 6.07) is 21.7. The molecule has 2 amide bonds. The Morgan fingerprint density at radius 2 is 1.65 bits per heavy atom. The van der Waals surface area contributed by atoms with Crippen LogP contribution in [-0.4, -0.2) is 30.2 Å². The van der Waals surface area contributed by atoms with Gasteiger partial charge in [-0.25, -0.2) is 0 Å². The number of ether oxygens (including phenoxy) is 1. The van der Waals surface area contributed by atoms with Crippen molar-refractivity contribution in [2.24, 2.45) is 0 Å². The SMILES string of the molecule is CC(=O)CCCOc1ccc(C(=O)N2c3ccccc3[C@H](N(C(C)=O)c3ccc(Cl)cc3)C[C@@H]2C)cc1. The van der Waals surface area contributed by atoms with E-state index in [1.165, 1.54) is 0 Å². The predicted molar refractivity (Wildman–Crippen MR) is 147 cm³/mol. The molecule has 192 valence electrons. The second kappa shape index (κ2) is 11.6. The predicted octanol–water partition coefficient (Wildman–Crippen LogP) is 6.62. The molecule has 2 atom stereocenters. The fourth-order valence-corrected chi connectivity index (χ4v) is 4.99. The highest BCUT2D eigenvalue weighted by Gasteiger charge is 2.38. The molecule has 0 aromatic heterocycles. The molecule has 0 unspecified atom stereocenters. The van der Waals surface area contributed by atoms with Crippen LogP contribution in [0.5, 0.6) is 5.75 Å². The fraction of sp³-hybridized carbons (Fsp3) is 0.300. The zero-order valence-electron chi connectivity index (χ0n) is 21.3. The van der Waals surface area contributed by atoms with E-state index in [1.54, 1.807) is 55.1 Å². The van der Waals surface area contributed by atoms with Gasteiger partial charge in [0, 0.05) is 41.3 Å². The molecule has 1 aliphatic heterocycles. The van der Waals surface area contributed by atoms with E-state index in [1.807, 2.05) is 48.2 Å². The summed E-state index contributed by atoms with van der Waals surface area (Å²) in [6.45, 7) is 5.58. The van der Waals surface area contributed by atoms with E-state index >= 15 is 0 Å². The number of ketones is 1. The monoisotopic (exact) mass is 518 g/mol. The molecular formula is C30H31ClN2O4. The standard InChI is InChI=1S/C30H31ClN2O4/c1-20-19-29(33(22(3)35)25-14-12-24(31)13-15-25)27-8-4-5-9-28(27)32(20)30(36)23-10-16-26(17-11-23)37-18-6-7-21(2)34/h4-5,8-17,20,29H,6-7,18-19H2,1-3H3/t20-,29+/m0/s1. The van der Waals surface area contributed by atoms with E-state index in [4.69, 9.17) is 16.3 Å². The first kappa shape index (κ1) is 26.4. The second-order valence-electron chi connectivity index (χ2n) is 9.38. The molecular weight excluding hydrogens is 488 g/mol. The molecule has 0 N–H and O–H groups in total. The van der Waals surface area contributed by atoms with E-state index < -0.39 is 0 Å². The van der Waals surface area contributed by atoms with E-state index in [-0.39, 0.29) is 29.7 Å². The summed E-state index contributed by atoms with van der Waals surface area (Å²) in [5.41, 5.74) is 3.03. The zero-order chi connectivity index (χ0) is 26.5. The molecule has 1 aliphatic rings. The Kier molecular flexibility index (Phi) is 8.29. The number of carbonyl (C=O) groups is 3. The van der Waals surface area contributed by atoms with Crippen molar-refractivity contribution in [3.05, 3.63) is 88.9 Å². The number of anilines is 2. The normalized spacial score (nSPS) is 16.6. The van der Waals surface area contributed by atoms with Crippen molar-refractivity contribution < 1.29 is 19.1 Å². The zero-order valence-corrected chi connectivity index (χ0v) is 22.1. The van der Waals surface area contributed by atoms with Gasteiger partial charge in [-0.2, -0.15) is 0 Å². The number of fused-ring (bicyclic) bond motifs is 1. The minimum atomic E-state index is -0.222. The molecule has 3 aromatic rings. The molecule has 6 nitrogen and oxygen atoms in total. The molecule has 0 bridgehead atoms. The molecule has 0 saturated heterocycles. The quantitative estimate of drug-likeness (QED) is 0.314. The van der Waals surface area contributed by atoms with Crippen LogP contribution in [0.1, 0.15) is 62.0 Å². The number of rotatable bonds is 8. The lowest BCUT2D eigenvalue weighted by molar-refractivity contribution is -0.118. The van der Waals surface area contributed by atoms with Gasteiger partial charge < -0.3 is 19.3 Å². The Morgan fingerprint density at radius 1 is 0.973 bits per heavy atom. The lowest BCUT2D eigenvalue weighted by Gasteiger charge is -2.43. The summed E-state index contributed by atoms with van der Waals surface area (Å²) in [5, 5.41) is 0.605. The van der Waals surface area contributed by atoms with Crippen LogP contribution >= 0.6 is 11.6 Å². The molecule has 0 fully saturated rings. The third kappa shape index (κ3) is 6.03. The maximum absolute atomic E-state index is 13.7. The van der Waals surface area contributed by atoms with E-state index in [0.717, 1.165) is 16.9 Å². The van der Waals surface area contributed by atoms with Crippen LogP contribution in [0.25, 0.3) is 0 Å². The molecule has 1 heterocycles. The number of carbonyl (C=O) groups excluding carboxylic acids is 3. The van der Waals surface area contributed by atoms with Gasteiger partial charge in [-0.05, 0) is 86.8 Å². The number of hydrogen-bond donors (Lipinski definition) is 0. The Morgan fingerprint density at radius 3 is 2.30 bits per heavy atom. The summed E-state index contributed by atoms with van der Waals surface area (Å²) >= 11 is 6.08. The lowest BCUT2D eigenvalue weighted by atomic mass is 9.89. The van der Waals surface area contributed by atoms with Gasteiger partial charge in [0.2, 0.25) is 5.91 Å². The number of para-hydroxylation sites is 1. The summed E-state index contributed by atoms with van der Waals surface area (Å²) < 4.78 is 5.70. The minimum Gasteiger partial charge on any atom is -0.494 e. The molecule has 0 aliphatic carbocycles. The topological polar surface area (TPSA) is 66.9 Å². The minimum absolute atomic E-state index is 0.0759. The van der Waals surface area contributed by atoms with Crippen molar-refractivity contribution in [3.8, 4) is 5.75 Å². The summed E-state index contributed by atoms with van der Waals surface area (Å²) in [7, 11) is 0. The van der Waals surface area contributed by atoms with Crippen molar-refractivity contribution in [2.75, 3.05) is 16.4 Å². The molecule has 4 rings (SSSR count). The fourth-order valence-electron chi connectivity index (χ4n) is 4.86. The Labute approximate surface area is 222 Å². The number of Topliss-reactive ketones (excluding diaryl/α,β-unsaturated/α-hetero) is 1. The number of halogens is 1. The Hall–Kier alpha value is -3.64. The molecule has 37 heavy (non-hydrogen) atoms. The molecule has 7 heteroatoms. The highest BCUT2D eigenvalue weighted by Crippen LogP contribution is 2.43. The summed E-state index contributed by atoms with van der Waals surface area (Å²) in [4.78, 5) is 41.2. The van der Waals surface area contributed by atoms with Crippen LogP contribution in [0.2, 0.25) is 5.02 Å². The van der Waals surface area contributed by atoms with Crippen molar-refractivity contribution >= 4 is 40.6 Å². The van der Waals surface area contributed by atoms with Crippen LogP contribution in [0.15, 0.2) is 72.8 Å².